The fourth-order valence-corrected chi connectivity index (χ4v) is 1.70. The molecule has 0 aromatic carbocycles. The van der Waals surface area contributed by atoms with E-state index in [9.17, 15) is 0 Å². The van der Waals surface area contributed by atoms with Crippen LogP contribution in [0, 0.1) is 0 Å². The first-order chi connectivity index (χ1) is 6.36. The fraction of sp³-hybridized carbons (Fsp3) is 0.444. The Morgan fingerprint density at radius 3 is 3.15 bits per heavy atom. The van der Waals surface area contributed by atoms with E-state index in [0.717, 1.165) is 17.1 Å². The maximum absolute atomic E-state index is 8.59. The summed E-state index contributed by atoms with van der Waals surface area (Å²) in [5, 5.41) is 8.59. The minimum absolute atomic E-state index is 0.245. The molecule has 0 atom stereocenters. The summed E-state index contributed by atoms with van der Waals surface area (Å²) in [4.78, 5) is 5.13. The molecular weight excluding hydrogens is 186 g/mol. The largest absolute Gasteiger partial charge is 0.481 e. The van der Waals surface area contributed by atoms with Gasteiger partial charge in [0.25, 0.3) is 0 Å². The Morgan fingerprint density at radius 1 is 1.62 bits per heavy atom. The molecule has 72 valence electrons. The van der Waals surface area contributed by atoms with Gasteiger partial charge in [-0.15, -0.1) is 11.8 Å². The van der Waals surface area contributed by atoms with Gasteiger partial charge in [0.15, 0.2) is 0 Å². The maximum Gasteiger partial charge on any atom is 0.214 e. The van der Waals surface area contributed by atoms with Crippen molar-refractivity contribution in [3.05, 3.63) is 18.3 Å². The highest BCUT2D eigenvalue weighted by Crippen LogP contribution is 2.21. The van der Waals surface area contributed by atoms with Gasteiger partial charge in [-0.3, -0.25) is 0 Å². The molecule has 4 heteroatoms. The number of aliphatic hydroxyl groups excluding tert-OH is 1. The molecule has 13 heavy (non-hydrogen) atoms. The first-order valence-electron chi connectivity index (χ1n) is 4.10. The smallest absolute Gasteiger partial charge is 0.214 e. The molecule has 0 aliphatic carbocycles. The number of aromatic nitrogens is 1. The number of ether oxygens (including phenoxy) is 1. The summed E-state index contributed by atoms with van der Waals surface area (Å²) in [6.45, 7) is 0.245. The Balaban J connectivity index is 2.46. The third-order valence-corrected chi connectivity index (χ3v) is 2.57. The summed E-state index contributed by atoms with van der Waals surface area (Å²) in [7, 11) is 1.60. The van der Waals surface area contributed by atoms with Crippen molar-refractivity contribution in [3.8, 4) is 5.88 Å². The van der Waals surface area contributed by atoms with Crippen LogP contribution in [0.3, 0.4) is 0 Å². The second-order valence-corrected chi connectivity index (χ2v) is 3.63. The summed E-state index contributed by atoms with van der Waals surface area (Å²) in [5.41, 5.74) is 0. The molecule has 0 amide bonds. The van der Waals surface area contributed by atoms with Crippen molar-refractivity contribution in [2.75, 3.05) is 19.5 Å². The number of methoxy groups -OCH3 is 1. The molecule has 0 fully saturated rings. The molecule has 0 aliphatic rings. The van der Waals surface area contributed by atoms with Gasteiger partial charge in [-0.2, -0.15) is 0 Å². The van der Waals surface area contributed by atoms with Gasteiger partial charge in [0.2, 0.25) is 5.88 Å². The molecule has 1 heterocycles. The second-order valence-electron chi connectivity index (χ2n) is 2.46. The van der Waals surface area contributed by atoms with Crippen LogP contribution < -0.4 is 4.74 Å². The number of nitrogens with zero attached hydrogens (tertiary/aromatic N) is 1. The number of thioether (sulfide) groups is 1. The quantitative estimate of drug-likeness (QED) is 0.577. The lowest BCUT2D eigenvalue weighted by molar-refractivity contribution is 0.296. The Kier molecular flexibility index (Phi) is 4.64. The number of aliphatic hydroxyl groups is 1. The summed E-state index contributed by atoms with van der Waals surface area (Å²) in [6.07, 6.45) is 2.54. The zero-order valence-corrected chi connectivity index (χ0v) is 8.38. The minimum Gasteiger partial charge on any atom is -0.481 e. The zero-order chi connectivity index (χ0) is 9.52. The summed E-state index contributed by atoms with van der Waals surface area (Å²) >= 11 is 1.69. The van der Waals surface area contributed by atoms with E-state index >= 15 is 0 Å². The van der Waals surface area contributed by atoms with Crippen LogP contribution in [0.25, 0.3) is 0 Å². The number of hydrogen-bond donors (Lipinski definition) is 1. The highest BCUT2D eigenvalue weighted by molar-refractivity contribution is 7.99. The third kappa shape index (κ3) is 3.65. The van der Waals surface area contributed by atoms with Crippen molar-refractivity contribution in [2.45, 2.75) is 11.3 Å². The lowest BCUT2D eigenvalue weighted by Gasteiger charge is -2.02. The van der Waals surface area contributed by atoms with Crippen LogP contribution in [0.15, 0.2) is 23.2 Å². The Bertz CT molecular complexity index is 255. The molecular formula is C9H13NO2S. The third-order valence-electron chi connectivity index (χ3n) is 1.49. The first kappa shape index (κ1) is 10.3. The monoisotopic (exact) mass is 199 g/mol. The average molecular weight is 199 g/mol. The van der Waals surface area contributed by atoms with E-state index in [1.807, 2.05) is 12.1 Å². The van der Waals surface area contributed by atoms with Crippen molar-refractivity contribution in [2.24, 2.45) is 0 Å². The van der Waals surface area contributed by atoms with E-state index in [2.05, 4.69) is 4.98 Å². The van der Waals surface area contributed by atoms with Crippen molar-refractivity contribution in [1.82, 2.24) is 4.98 Å². The van der Waals surface area contributed by atoms with Crippen molar-refractivity contribution >= 4 is 11.8 Å². The molecule has 0 spiro atoms. The van der Waals surface area contributed by atoms with Crippen molar-refractivity contribution < 1.29 is 9.84 Å². The molecule has 0 bridgehead atoms. The van der Waals surface area contributed by atoms with Crippen molar-refractivity contribution in [1.29, 1.82) is 0 Å². The summed E-state index contributed by atoms with van der Waals surface area (Å²) < 4.78 is 4.99. The summed E-state index contributed by atoms with van der Waals surface area (Å²) in [5.74, 6) is 1.55. The molecule has 1 rings (SSSR count). The second kappa shape index (κ2) is 5.83. The van der Waals surface area contributed by atoms with Gasteiger partial charge in [-0.1, -0.05) is 0 Å². The molecule has 0 saturated heterocycles. The van der Waals surface area contributed by atoms with Gasteiger partial charge in [0.05, 0.1) is 7.11 Å². The van der Waals surface area contributed by atoms with Crippen LogP contribution in [0.1, 0.15) is 6.42 Å². The Morgan fingerprint density at radius 2 is 2.46 bits per heavy atom. The molecule has 3 nitrogen and oxygen atoms in total. The fourth-order valence-electron chi connectivity index (χ4n) is 0.847. The van der Waals surface area contributed by atoms with Crippen LogP contribution >= 0.6 is 11.8 Å². The number of pyridine rings is 1. The maximum atomic E-state index is 8.59. The lowest BCUT2D eigenvalue weighted by Crippen LogP contribution is -1.88. The van der Waals surface area contributed by atoms with Gasteiger partial charge >= 0.3 is 0 Å². The standard InChI is InChI=1S/C9H13NO2S/c1-12-9-7-8(3-4-10-9)13-6-2-5-11/h3-4,7,11H,2,5-6H2,1H3. The summed E-state index contributed by atoms with van der Waals surface area (Å²) in [6, 6.07) is 3.83. The van der Waals surface area contributed by atoms with Gasteiger partial charge in [0, 0.05) is 29.5 Å². The van der Waals surface area contributed by atoms with E-state index in [-0.39, 0.29) is 6.61 Å². The van der Waals surface area contributed by atoms with E-state index < -0.39 is 0 Å². The first-order valence-corrected chi connectivity index (χ1v) is 5.09. The SMILES string of the molecule is COc1cc(SCCCO)ccn1. The Labute approximate surface area is 82.1 Å². The van der Waals surface area contributed by atoms with Crippen LogP contribution in [0.2, 0.25) is 0 Å². The zero-order valence-electron chi connectivity index (χ0n) is 7.56. The number of hydrogen-bond acceptors (Lipinski definition) is 4. The molecule has 0 saturated carbocycles. The lowest BCUT2D eigenvalue weighted by atomic mass is 10.5. The molecule has 1 aromatic rings. The number of rotatable bonds is 5. The molecule has 0 aliphatic heterocycles. The molecule has 0 unspecified atom stereocenters. The average Bonchev–Trinajstić information content (AvgIpc) is 2.19. The van der Waals surface area contributed by atoms with Crippen LogP contribution in [0.4, 0.5) is 0 Å². The predicted octanol–water partition coefficient (Wildman–Crippen LogP) is 1.56. The minimum atomic E-state index is 0.245. The van der Waals surface area contributed by atoms with E-state index in [0.29, 0.717) is 5.88 Å². The van der Waals surface area contributed by atoms with E-state index in [1.165, 1.54) is 0 Å². The van der Waals surface area contributed by atoms with Crippen molar-refractivity contribution in [3.63, 3.8) is 0 Å². The van der Waals surface area contributed by atoms with Crippen LogP contribution in [-0.4, -0.2) is 29.6 Å². The van der Waals surface area contributed by atoms with Gasteiger partial charge < -0.3 is 9.84 Å². The Hall–Kier alpha value is -0.740. The van der Waals surface area contributed by atoms with Gasteiger partial charge in [0.1, 0.15) is 0 Å². The topological polar surface area (TPSA) is 42.4 Å². The van der Waals surface area contributed by atoms with E-state index in [1.54, 1.807) is 25.1 Å². The molecule has 1 aromatic heterocycles. The van der Waals surface area contributed by atoms with Crippen LogP contribution in [-0.2, 0) is 0 Å². The normalized spacial score (nSPS) is 10.0. The highest BCUT2D eigenvalue weighted by atomic mass is 32.2. The molecule has 1 N–H and O–H groups in total. The van der Waals surface area contributed by atoms with Gasteiger partial charge in [-0.25, -0.2) is 4.98 Å². The molecule has 0 radical (unpaired) electrons. The van der Waals surface area contributed by atoms with Crippen LogP contribution in [0.5, 0.6) is 5.88 Å². The predicted molar refractivity (Wildman–Crippen MR) is 53.2 cm³/mol. The van der Waals surface area contributed by atoms with E-state index in [4.69, 9.17) is 9.84 Å². The van der Waals surface area contributed by atoms with Gasteiger partial charge in [-0.05, 0) is 12.5 Å². The highest BCUT2D eigenvalue weighted by Gasteiger charge is 1.96.